The summed E-state index contributed by atoms with van der Waals surface area (Å²) < 4.78 is 5.18. The summed E-state index contributed by atoms with van der Waals surface area (Å²) >= 11 is 0. The minimum atomic E-state index is 0.0829. The van der Waals surface area contributed by atoms with Crippen molar-refractivity contribution < 1.29 is 9.21 Å². The van der Waals surface area contributed by atoms with Gasteiger partial charge in [0.1, 0.15) is 0 Å². The molecule has 1 amide bonds. The first-order chi connectivity index (χ1) is 13.7. The number of carbonyl (C=O) groups is 1. The Balaban J connectivity index is 1.51. The molecule has 1 aromatic heterocycles. The molecule has 1 aliphatic heterocycles. The SMILES string of the molecule is Cc1ccc(C(=O)N(c2ccccc2)C2CCN(Cc3ccoc3)CC2)cc1. The Labute approximate surface area is 166 Å². The maximum absolute atomic E-state index is 13.4. The highest BCUT2D eigenvalue weighted by Gasteiger charge is 2.29. The van der Waals surface area contributed by atoms with Gasteiger partial charge < -0.3 is 9.32 Å². The molecule has 0 N–H and O–H groups in total. The fraction of sp³-hybridized carbons (Fsp3) is 0.292. The third kappa shape index (κ3) is 4.18. The van der Waals surface area contributed by atoms with Crippen LogP contribution >= 0.6 is 0 Å². The summed E-state index contributed by atoms with van der Waals surface area (Å²) in [6, 6.07) is 20.1. The summed E-state index contributed by atoms with van der Waals surface area (Å²) in [5, 5.41) is 0. The number of hydrogen-bond donors (Lipinski definition) is 0. The van der Waals surface area contributed by atoms with Crippen LogP contribution in [0.3, 0.4) is 0 Å². The molecule has 1 saturated heterocycles. The first kappa shape index (κ1) is 18.5. The molecule has 2 aromatic carbocycles. The molecule has 1 fully saturated rings. The number of furan rings is 1. The van der Waals surface area contributed by atoms with Gasteiger partial charge in [0.2, 0.25) is 0 Å². The van der Waals surface area contributed by atoms with Crippen LogP contribution in [0.5, 0.6) is 0 Å². The number of benzene rings is 2. The van der Waals surface area contributed by atoms with Crippen molar-refractivity contribution in [1.29, 1.82) is 0 Å². The molecule has 0 spiro atoms. The molecule has 0 atom stereocenters. The van der Waals surface area contributed by atoms with Crippen molar-refractivity contribution in [3.8, 4) is 0 Å². The number of para-hydroxylation sites is 1. The first-order valence-electron chi connectivity index (χ1n) is 9.89. The highest BCUT2D eigenvalue weighted by Crippen LogP contribution is 2.26. The predicted molar refractivity (Wildman–Crippen MR) is 111 cm³/mol. The first-order valence-corrected chi connectivity index (χ1v) is 9.89. The Kier molecular flexibility index (Phi) is 5.58. The van der Waals surface area contributed by atoms with Crippen LogP contribution in [0.2, 0.25) is 0 Å². The molecular formula is C24H26N2O2. The molecular weight excluding hydrogens is 348 g/mol. The maximum Gasteiger partial charge on any atom is 0.258 e. The molecule has 0 aliphatic carbocycles. The van der Waals surface area contributed by atoms with E-state index >= 15 is 0 Å². The van der Waals surface area contributed by atoms with Crippen LogP contribution in [0, 0.1) is 6.92 Å². The van der Waals surface area contributed by atoms with Gasteiger partial charge in [0.15, 0.2) is 0 Å². The van der Waals surface area contributed by atoms with E-state index in [4.69, 9.17) is 4.42 Å². The van der Waals surface area contributed by atoms with Crippen molar-refractivity contribution in [1.82, 2.24) is 4.90 Å². The van der Waals surface area contributed by atoms with Gasteiger partial charge in [-0.15, -0.1) is 0 Å². The number of piperidine rings is 1. The maximum atomic E-state index is 13.4. The molecule has 0 bridgehead atoms. The molecule has 0 unspecified atom stereocenters. The van der Waals surface area contributed by atoms with Crippen molar-refractivity contribution in [3.05, 3.63) is 89.9 Å². The number of likely N-dealkylation sites (tertiary alicyclic amines) is 1. The van der Waals surface area contributed by atoms with Gasteiger partial charge in [-0.2, -0.15) is 0 Å². The fourth-order valence-electron chi connectivity index (χ4n) is 3.89. The highest BCUT2D eigenvalue weighted by atomic mass is 16.3. The van der Waals surface area contributed by atoms with Crippen molar-refractivity contribution in [2.24, 2.45) is 0 Å². The van der Waals surface area contributed by atoms with Crippen LogP contribution in [0.25, 0.3) is 0 Å². The summed E-state index contributed by atoms with van der Waals surface area (Å²) in [6.45, 7) is 4.89. The summed E-state index contributed by atoms with van der Waals surface area (Å²) in [5.41, 5.74) is 4.08. The quantitative estimate of drug-likeness (QED) is 0.637. The minimum absolute atomic E-state index is 0.0829. The van der Waals surface area contributed by atoms with E-state index in [2.05, 4.69) is 4.90 Å². The Bertz CT molecular complexity index is 880. The molecule has 4 heteroatoms. The van der Waals surface area contributed by atoms with Gasteiger partial charge in [-0.1, -0.05) is 35.9 Å². The predicted octanol–water partition coefficient (Wildman–Crippen LogP) is 4.90. The van der Waals surface area contributed by atoms with Gasteiger partial charge in [-0.05, 0) is 50.1 Å². The van der Waals surface area contributed by atoms with Crippen LogP contribution in [0.4, 0.5) is 5.69 Å². The summed E-state index contributed by atoms with van der Waals surface area (Å²) in [7, 11) is 0. The molecule has 4 rings (SSSR count). The molecule has 4 nitrogen and oxygen atoms in total. The largest absolute Gasteiger partial charge is 0.472 e. The van der Waals surface area contributed by atoms with Crippen LogP contribution < -0.4 is 4.90 Å². The molecule has 2 heterocycles. The lowest BCUT2D eigenvalue weighted by atomic mass is 10.00. The van der Waals surface area contributed by atoms with E-state index in [-0.39, 0.29) is 11.9 Å². The number of anilines is 1. The number of aryl methyl sites for hydroxylation is 1. The number of rotatable bonds is 5. The normalized spacial score (nSPS) is 15.5. The van der Waals surface area contributed by atoms with E-state index in [1.54, 1.807) is 6.26 Å². The van der Waals surface area contributed by atoms with Crippen LogP contribution in [-0.2, 0) is 6.54 Å². The second-order valence-electron chi connectivity index (χ2n) is 7.52. The van der Waals surface area contributed by atoms with Gasteiger partial charge in [0.25, 0.3) is 5.91 Å². The van der Waals surface area contributed by atoms with Gasteiger partial charge in [-0.3, -0.25) is 9.69 Å². The van der Waals surface area contributed by atoms with Gasteiger partial charge in [0.05, 0.1) is 12.5 Å². The average molecular weight is 374 g/mol. The smallest absolute Gasteiger partial charge is 0.258 e. The molecule has 0 saturated carbocycles. The van der Waals surface area contributed by atoms with Crippen LogP contribution in [-0.4, -0.2) is 29.9 Å². The van der Waals surface area contributed by atoms with E-state index < -0.39 is 0 Å². The lowest BCUT2D eigenvalue weighted by Gasteiger charge is -2.38. The molecule has 28 heavy (non-hydrogen) atoms. The Morgan fingerprint density at radius 3 is 2.39 bits per heavy atom. The Morgan fingerprint density at radius 1 is 1.04 bits per heavy atom. The van der Waals surface area contributed by atoms with E-state index in [9.17, 15) is 4.79 Å². The Hall–Kier alpha value is -2.85. The number of nitrogens with zero attached hydrogens (tertiary/aromatic N) is 2. The van der Waals surface area contributed by atoms with Crippen molar-refractivity contribution in [2.45, 2.75) is 32.4 Å². The number of hydrogen-bond acceptors (Lipinski definition) is 3. The summed E-state index contributed by atoms with van der Waals surface area (Å²) in [5.74, 6) is 0.0829. The zero-order valence-corrected chi connectivity index (χ0v) is 16.3. The van der Waals surface area contributed by atoms with E-state index in [1.165, 1.54) is 5.56 Å². The van der Waals surface area contributed by atoms with E-state index in [0.29, 0.717) is 0 Å². The number of carbonyl (C=O) groups excluding carboxylic acids is 1. The molecule has 0 radical (unpaired) electrons. The van der Waals surface area contributed by atoms with Gasteiger partial charge in [-0.25, -0.2) is 0 Å². The Morgan fingerprint density at radius 2 is 1.75 bits per heavy atom. The van der Waals surface area contributed by atoms with E-state index in [1.807, 2.05) is 78.8 Å². The number of amides is 1. The van der Waals surface area contributed by atoms with Crippen molar-refractivity contribution >= 4 is 11.6 Å². The van der Waals surface area contributed by atoms with Crippen LogP contribution in [0.1, 0.15) is 34.3 Å². The zero-order chi connectivity index (χ0) is 19.3. The lowest BCUT2D eigenvalue weighted by Crippen LogP contribution is -2.47. The van der Waals surface area contributed by atoms with Crippen LogP contribution in [0.15, 0.2) is 77.6 Å². The van der Waals surface area contributed by atoms with Gasteiger partial charge in [0, 0.05) is 42.5 Å². The third-order valence-electron chi connectivity index (χ3n) is 5.46. The van der Waals surface area contributed by atoms with E-state index in [0.717, 1.165) is 49.3 Å². The monoisotopic (exact) mass is 374 g/mol. The molecule has 1 aliphatic rings. The minimum Gasteiger partial charge on any atom is -0.472 e. The zero-order valence-electron chi connectivity index (χ0n) is 16.3. The fourth-order valence-corrected chi connectivity index (χ4v) is 3.89. The van der Waals surface area contributed by atoms with Crippen molar-refractivity contribution in [3.63, 3.8) is 0 Å². The molecule has 144 valence electrons. The standard InChI is InChI=1S/C24H26N2O2/c1-19-7-9-21(10-8-19)24(27)26(22-5-3-2-4-6-22)23-11-14-25(15-12-23)17-20-13-16-28-18-20/h2-10,13,16,18,23H,11-12,14-15,17H2,1H3. The van der Waals surface area contributed by atoms with Crippen molar-refractivity contribution in [2.75, 3.05) is 18.0 Å². The van der Waals surface area contributed by atoms with Gasteiger partial charge >= 0.3 is 0 Å². The summed E-state index contributed by atoms with van der Waals surface area (Å²) in [6.07, 6.45) is 5.46. The third-order valence-corrected chi connectivity index (χ3v) is 5.46. The second kappa shape index (κ2) is 8.44. The second-order valence-corrected chi connectivity index (χ2v) is 7.52. The average Bonchev–Trinajstić information content (AvgIpc) is 3.24. The lowest BCUT2D eigenvalue weighted by molar-refractivity contribution is 0.0958. The summed E-state index contributed by atoms with van der Waals surface area (Å²) in [4.78, 5) is 17.8. The highest BCUT2D eigenvalue weighted by molar-refractivity contribution is 6.06. The topological polar surface area (TPSA) is 36.7 Å². The molecule has 3 aromatic rings.